The normalized spacial score (nSPS) is 12.8. The molecule has 44 heavy (non-hydrogen) atoms. The fraction of sp³-hybridized carbons (Fsp3) is 0.500. The highest BCUT2D eigenvalue weighted by Gasteiger charge is 2.38. The van der Waals surface area contributed by atoms with Crippen molar-refractivity contribution >= 4 is 17.6 Å². The second kappa shape index (κ2) is 15.1. The van der Waals surface area contributed by atoms with Crippen molar-refractivity contribution in [1.82, 2.24) is 4.90 Å². The predicted octanol–water partition coefficient (Wildman–Crippen LogP) is 5.40. The number of unbranched alkanes of at least 4 members (excludes halogenated alkanes) is 1. The Morgan fingerprint density at radius 2 is 1.64 bits per heavy atom. The number of nitrogens with zero attached hydrogens (tertiary/aromatic N) is 1. The number of nitrogens with two attached hydrogens (primary N) is 1. The number of nitrogens with one attached hydrogen (secondary N) is 1. The van der Waals surface area contributed by atoms with Gasteiger partial charge in [-0.25, -0.2) is 9.18 Å². The van der Waals surface area contributed by atoms with Crippen molar-refractivity contribution in [2.45, 2.75) is 65.6 Å². The van der Waals surface area contributed by atoms with Crippen molar-refractivity contribution in [2.24, 2.45) is 5.73 Å². The summed E-state index contributed by atoms with van der Waals surface area (Å²) in [7, 11) is 0. The van der Waals surface area contributed by atoms with E-state index in [-0.39, 0.29) is 59.9 Å². The summed E-state index contributed by atoms with van der Waals surface area (Å²) in [6.45, 7) is 10.9. The molecule has 5 N–H and O–H groups in total. The number of ketones is 1. The number of carboxylic acid groups (broad SMARTS) is 1. The van der Waals surface area contributed by atoms with Gasteiger partial charge in [-0.15, -0.1) is 0 Å². The van der Waals surface area contributed by atoms with Gasteiger partial charge >= 0.3 is 12.1 Å². The molecule has 244 valence electrons. The Morgan fingerprint density at radius 1 is 1.02 bits per heavy atom. The lowest BCUT2D eigenvalue weighted by molar-refractivity contribution is -0.192. The number of carbonyl (C=O) groups excluding carboxylic acids is 1. The number of aromatic hydroxyl groups is 1. The van der Waals surface area contributed by atoms with Gasteiger partial charge in [0.2, 0.25) is 0 Å². The van der Waals surface area contributed by atoms with E-state index >= 15 is 4.39 Å². The lowest BCUT2D eigenvalue weighted by Crippen LogP contribution is -2.30. The average Bonchev–Trinajstić information content (AvgIpc) is 3.23. The second-order valence-electron chi connectivity index (χ2n) is 10.8. The number of Topliss-reactive ketones (excluding diaryl/α,β-unsaturated/α-hetero) is 1. The number of phenols is 1. The van der Waals surface area contributed by atoms with Gasteiger partial charge in [-0.2, -0.15) is 13.2 Å². The summed E-state index contributed by atoms with van der Waals surface area (Å²) < 4.78 is 64.0. The van der Waals surface area contributed by atoms with E-state index in [1.807, 2.05) is 20.8 Å². The number of benzene rings is 2. The maximum absolute atomic E-state index is 15.4. The highest BCUT2D eigenvalue weighted by atomic mass is 19.4. The lowest BCUT2D eigenvalue weighted by atomic mass is 9.84. The first-order chi connectivity index (χ1) is 20.5. The van der Waals surface area contributed by atoms with E-state index in [9.17, 15) is 23.1 Å². The van der Waals surface area contributed by atoms with Crippen LogP contribution in [0.25, 0.3) is 0 Å². The van der Waals surface area contributed by atoms with Crippen molar-refractivity contribution in [3.63, 3.8) is 0 Å². The third-order valence-corrected chi connectivity index (χ3v) is 6.41. The van der Waals surface area contributed by atoms with Crippen LogP contribution in [-0.4, -0.2) is 71.8 Å². The Bertz CT molecular complexity index is 1360. The second-order valence-corrected chi connectivity index (χ2v) is 10.8. The molecule has 0 unspecified atom stereocenters. The number of fused-ring (bicyclic) bond motifs is 1. The number of ether oxygens (including phenoxy) is 3. The number of alkyl halides is 3. The first-order valence-corrected chi connectivity index (χ1v) is 14.0. The molecule has 0 saturated carbocycles. The summed E-state index contributed by atoms with van der Waals surface area (Å²) in [5.74, 6) is -3.27. The highest BCUT2D eigenvalue weighted by molar-refractivity contribution is 6.06. The fourth-order valence-corrected chi connectivity index (χ4v) is 4.30. The topological polar surface area (TPSA) is 155 Å². The Hall–Kier alpha value is -4.07. The van der Waals surface area contributed by atoms with Gasteiger partial charge in [-0.1, -0.05) is 20.8 Å². The molecular weight excluding hydrogens is 590 g/mol. The standard InChI is InChI=1S/C28H38FN3O5.C2HF3O2/c1-6-35-22-14-18-15-32(27(31)23(18)24(29)26(22)36-7-2)16-20(33)17-12-19(28(3,4)5)25(34)21(13-17)37-11-9-8-10-30;3-2(4,5)1(6)7/h12-14,31,34H,6-11,15-16,30H2,1-5H3;(H,6,7). The SMILES string of the molecule is CCOc1cc2c(c(F)c1OCC)C(=N)N(CC(=O)c1cc(OCCCCN)c(O)c(C(C)(C)C)c1)C2.O=C(O)C(F)(F)F. The molecule has 1 aliphatic rings. The van der Waals surface area contributed by atoms with E-state index in [2.05, 4.69) is 0 Å². The van der Waals surface area contributed by atoms with Crippen molar-refractivity contribution < 1.29 is 51.6 Å². The molecule has 0 aromatic heterocycles. The molecule has 14 heteroatoms. The smallest absolute Gasteiger partial charge is 0.490 e. The van der Waals surface area contributed by atoms with Crippen molar-refractivity contribution in [1.29, 1.82) is 5.41 Å². The summed E-state index contributed by atoms with van der Waals surface area (Å²) >= 11 is 0. The van der Waals surface area contributed by atoms with Gasteiger partial charge in [-0.3, -0.25) is 10.2 Å². The van der Waals surface area contributed by atoms with E-state index in [0.717, 1.165) is 12.8 Å². The van der Waals surface area contributed by atoms with Crippen molar-refractivity contribution in [3.05, 3.63) is 46.3 Å². The van der Waals surface area contributed by atoms with Crippen LogP contribution in [0.3, 0.4) is 0 Å². The number of carboxylic acids is 1. The molecule has 2 aromatic rings. The maximum atomic E-state index is 15.4. The van der Waals surface area contributed by atoms with Crippen molar-refractivity contribution in [3.8, 4) is 23.0 Å². The summed E-state index contributed by atoms with van der Waals surface area (Å²) in [4.78, 5) is 23.8. The minimum atomic E-state index is -5.08. The number of hydrogen-bond donors (Lipinski definition) is 4. The largest absolute Gasteiger partial charge is 0.504 e. The van der Waals surface area contributed by atoms with Gasteiger partial charge in [-0.05, 0) is 62.4 Å². The first-order valence-electron chi connectivity index (χ1n) is 14.0. The van der Waals surface area contributed by atoms with Crippen LogP contribution in [0.5, 0.6) is 23.0 Å². The number of amidine groups is 1. The van der Waals surface area contributed by atoms with Gasteiger partial charge in [0.25, 0.3) is 0 Å². The van der Waals surface area contributed by atoms with E-state index in [4.69, 9.17) is 35.3 Å². The van der Waals surface area contributed by atoms with Gasteiger partial charge in [0.15, 0.2) is 34.6 Å². The Kier molecular flexibility index (Phi) is 12.4. The molecule has 2 aromatic carbocycles. The number of phenolic OH excluding ortho intramolecular Hbond substituents is 1. The Labute approximate surface area is 253 Å². The number of carbonyl (C=O) groups is 2. The van der Waals surface area contributed by atoms with E-state index in [0.29, 0.717) is 36.4 Å². The summed E-state index contributed by atoms with van der Waals surface area (Å²) in [6, 6.07) is 4.87. The number of aliphatic carboxylic acids is 1. The quantitative estimate of drug-likeness (QED) is 0.137. The number of hydrogen-bond acceptors (Lipinski definition) is 8. The average molecular weight is 630 g/mol. The first kappa shape index (κ1) is 36.1. The molecule has 0 fully saturated rings. The molecule has 10 nitrogen and oxygen atoms in total. The van der Waals surface area contributed by atoms with Gasteiger partial charge < -0.3 is 35.1 Å². The van der Waals surface area contributed by atoms with Gasteiger partial charge in [0.1, 0.15) is 5.84 Å². The molecule has 3 rings (SSSR count). The Balaban J connectivity index is 0.000000860. The molecule has 0 radical (unpaired) electrons. The maximum Gasteiger partial charge on any atom is 0.490 e. The third-order valence-electron chi connectivity index (χ3n) is 6.41. The number of halogens is 4. The van der Waals surface area contributed by atoms with Gasteiger partial charge in [0.05, 0.1) is 31.9 Å². The van der Waals surface area contributed by atoms with E-state index in [1.165, 1.54) is 11.0 Å². The van der Waals surface area contributed by atoms with E-state index < -0.39 is 23.4 Å². The predicted molar refractivity (Wildman–Crippen MR) is 155 cm³/mol. The highest BCUT2D eigenvalue weighted by Crippen LogP contribution is 2.41. The van der Waals surface area contributed by atoms with Crippen LogP contribution < -0.4 is 19.9 Å². The van der Waals surface area contributed by atoms with Crippen LogP contribution in [-0.2, 0) is 16.8 Å². The zero-order valence-corrected chi connectivity index (χ0v) is 25.4. The zero-order chi connectivity index (χ0) is 33.4. The minimum absolute atomic E-state index is 0.00657. The van der Waals surface area contributed by atoms with Crippen LogP contribution in [0.4, 0.5) is 17.6 Å². The van der Waals surface area contributed by atoms with Crippen LogP contribution in [0, 0.1) is 11.2 Å². The minimum Gasteiger partial charge on any atom is -0.504 e. The molecule has 1 aliphatic heterocycles. The van der Waals surface area contributed by atoms with Crippen LogP contribution in [0.2, 0.25) is 0 Å². The molecule has 0 saturated heterocycles. The molecule has 0 aliphatic carbocycles. The Morgan fingerprint density at radius 3 is 2.16 bits per heavy atom. The molecule has 0 amide bonds. The monoisotopic (exact) mass is 629 g/mol. The molecule has 0 spiro atoms. The van der Waals surface area contributed by atoms with E-state index in [1.54, 1.807) is 26.0 Å². The van der Waals surface area contributed by atoms with Crippen molar-refractivity contribution in [2.75, 3.05) is 32.9 Å². The summed E-state index contributed by atoms with van der Waals surface area (Å²) in [5, 5.41) is 26.6. The number of rotatable bonds is 12. The zero-order valence-electron chi connectivity index (χ0n) is 25.4. The molecular formula is C30H39F4N3O7. The molecule has 0 bridgehead atoms. The fourth-order valence-electron chi connectivity index (χ4n) is 4.30. The van der Waals surface area contributed by atoms with Gasteiger partial charge in [0, 0.05) is 17.7 Å². The van der Waals surface area contributed by atoms with Crippen LogP contribution in [0.15, 0.2) is 18.2 Å². The summed E-state index contributed by atoms with van der Waals surface area (Å²) in [5.41, 5.74) is 6.72. The lowest BCUT2D eigenvalue weighted by Gasteiger charge is -2.24. The van der Waals surface area contributed by atoms with Crippen LogP contribution >= 0.6 is 0 Å². The molecule has 1 heterocycles. The molecule has 0 atom stereocenters. The van der Waals surface area contributed by atoms with Crippen LogP contribution in [0.1, 0.15) is 74.5 Å². The summed E-state index contributed by atoms with van der Waals surface area (Å²) in [6.07, 6.45) is -3.57. The third kappa shape index (κ3) is 8.97.